The van der Waals surface area contributed by atoms with Crippen molar-refractivity contribution < 1.29 is 4.79 Å². The van der Waals surface area contributed by atoms with Crippen LogP contribution in [-0.2, 0) is 0 Å². The third-order valence-corrected chi connectivity index (χ3v) is 3.88. The zero-order valence-electron chi connectivity index (χ0n) is 14.5. The second-order valence-corrected chi connectivity index (χ2v) is 6.16. The Morgan fingerprint density at radius 3 is 2.54 bits per heavy atom. The average Bonchev–Trinajstić information content (AvgIpc) is 2.66. The number of pyridine rings is 2. The Labute approximate surface area is 150 Å². The highest BCUT2D eigenvalue weighted by atomic mass is 16.1. The largest absolute Gasteiger partial charge is 0.343 e. The molecule has 1 atom stereocenters. The molecule has 0 unspecified atom stereocenters. The monoisotopic (exact) mass is 349 g/mol. The Morgan fingerprint density at radius 1 is 1.12 bits per heavy atom. The number of rotatable bonds is 5. The van der Waals surface area contributed by atoms with Gasteiger partial charge < -0.3 is 10.3 Å². The van der Waals surface area contributed by atoms with Gasteiger partial charge >= 0.3 is 0 Å². The highest BCUT2D eigenvalue weighted by Gasteiger charge is 2.22. The molecular weight excluding hydrogens is 330 g/mol. The van der Waals surface area contributed by atoms with E-state index in [0.717, 1.165) is 0 Å². The van der Waals surface area contributed by atoms with E-state index in [2.05, 4.69) is 25.3 Å². The maximum Gasteiger partial charge on any atom is 0.251 e. The van der Waals surface area contributed by atoms with Crippen LogP contribution in [0.3, 0.4) is 0 Å². The SMILES string of the molecule is CC(C)[C@H](NC(=O)c1ccncc1)c1cc(=O)[nH]c(-c2ccccn2)n1. The molecule has 1 amide bonds. The van der Waals surface area contributed by atoms with Crippen LogP contribution in [0.2, 0.25) is 0 Å². The zero-order chi connectivity index (χ0) is 18.5. The van der Waals surface area contributed by atoms with E-state index < -0.39 is 6.04 Å². The molecule has 132 valence electrons. The lowest BCUT2D eigenvalue weighted by molar-refractivity contribution is 0.0924. The average molecular weight is 349 g/mol. The molecule has 0 aliphatic carbocycles. The van der Waals surface area contributed by atoms with Crippen LogP contribution in [0.1, 0.15) is 35.9 Å². The van der Waals surface area contributed by atoms with Gasteiger partial charge in [0.1, 0.15) is 5.69 Å². The van der Waals surface area contributed by atoms with E-state index >= 15 is 0 Å². The van der Waals surface area contributed by atoms with Gasteiger partial charge in [0, 0.05) is 30.2 Å². The van der Waals surface area contributed by atoms with Gasteiger partial charge in [0.2, 0.25) is 0 Å². The molecular formula is C19H19N5O2. The van der Waals surface area contributed by atoms with Crippen molar-refractivity contribution in [2.45, 2.75) is 19.9 Å². The number of aromatic nitrogens is 4. The minimum Gasteiger partial charge on any atom is -0.343 e. The lowest BCUT2D eigenvalue weighted by Crippen LogP contribution is -2.33. The van der Waals surface area contributed by atoms with Crippen LogP contribution in [0.15, 0.2) is 59.8 Å². The van der Waals surface area contributed by atoms with Gasteiger partial charge in [-0.25, -0.2) is 4.98 Å². The molecule has 0 aromatic carbocycles. The van der Waals surface area contributed by atoms with Crippen molar-refractivity contribution in [1.29, 1.82) is 0 Å². The Hall–Kier alpha value is -3.35. The van der Waals surface area contributed by atoms with Crippen LogP contribution in [0.4, 0.5) is 0 Å². The summed E-state index contributed by atoms with van der Waals surface area (Å²) in [5.41, 5.74) is 1.26. The predicted molar refractivity (Wildman–Crippen MR) is 97.4 cm³/mol. The fraction of sp³-hybridized carbons (Fsp3) is 0.211. The van der Waals surface area contributed by atoms with Gasteiger partial charge in [0.25, 0.3) is 11.5 Å². The van der Waals surface area contributed by atoms with Crippen LogP contribution in [0.25, 0.3) is 11.5 Å². The number of nitrogens with zero attached hydrogens (tertiary/aromatic N) is 3. The van der Waals surface area contributed by atoms with E-state index in [1.165, 1.54) is 6.07 Å². The van der Waals surface area contributed by atoms with Crippen molar-refractivity contribution in [3.8, 4) is 11.5 Å². The molecule has 26 heavy (non-hydrogen) atoms. The molecule has 0 saturated carbocycles. The molecule has 0 spiro atoms. The number of carbonyl (C=O) groups is 1. The number of hydrogen-bond donors (Lipinski definition) is 2. The normalized spacial score (nSPS) is 12.0. The van der Waals surface area contributed by atoms with Crippen molar-refractivity contribution in [3.63, 3.8) is 0 Å². The fourth-order valence-corrected chi connectivity index (χ4v) is 2.57. The first-order valence-corrected chi connectivity index (χ1v) is 8.28. The summed E-state index contributed by atoms with van der Waals surface area (Å²) < 4.78 is 0. The van der Waals surface area contributed by atoms with Crippen molar-refractivity contribution in [1.82, 2.24) is 25.3 Å². The molecule has 0 bridgehead atoms. The maximum atomic E-state index is 12.5. The third kappa shape index (κ3) is 4.00. The first-order chi connectivity index (χ1) is 12.5. The van der Waals surface area contributed by atoms with Crippen LogP contribution in [0, 0.1) is 5.92 Å². The highest BCUT2D eigenvalue weighted by molar-refractivity contribution is 5.94. The summed E-state index contributed by atoms with van der Waals surface area (Å²) >= 11 is 0. The van der Waals surface area contributed by atoms with Crippen LogP contribution >= 0.6 is 0 Å². The lowest BCUT2D eigenvalue weighted by atomic mass is 10.00. The third-order valence-electron chi connectivity index (χ3n) is 3.88. The summed E-state index contributed by atoms with van der Waals surface area (Å²) in [5, 5.41) is 2.95. The van der Waals surface area contributed by atoms with Gasteiger partial charge in [-0.15, -0.1) is 0 Å². The van der Waals surface area contributed by atoms with Crippen molar-refractivity contribution in [3.05, 3.63) is 76.6 Å². The second kappa shape index (κ2) is 7.69. The number of amides is 1. The molecule has 7 nitrogen and oxygen atoms in total. The molecule has 0 fully saturated rings. The predicted octanol–water partition coefficient (Wildman–Crippen LogP) is 2.35. The molecule has 0 aliphatic rings. The maximum absolute atomic E-state index is 12.5. The number of hydrogen-bond acceptors (Lipinski definition) is 5. The van der Waals surface area contributed by atoms with E-state index in [0.29, 0.717) is 22.8 Å². The molecule has 3 aromatic heterocycles. The van der Waals surface area contributed by atoms with Crippen molar-refractivity contribution in [2.75, 3.05) is 0 Å². The Morgan fingerprint density at radius 2 is 1.88 bits per heavy atom. The van der Waals surface area contributed by atoms with Gasteiger partial charge in [0.05, 0.1) is 11.7 Å². The molecule has 0 saturated heterocycles. The van der Waals surface area contributed by atoms with E-state index in [1.807, 2.05) is 19.9 Å². The molecule has 7 heteroatoms. The standard InChI is InChI=1S/C19H19N5O2/c1-12(2)17(24-19(26)13-6-9-20-10-7-13)15-11-16(25)23-18(22-15)14-5-3-4-8-21-14/h3-12,17H,1-2H3,(H,24,26)(H,22,23,25)/t17-/m0/s1. The van der Waals surface area contributed by atoms with Gasteiger partial charge in [0.15, 0.2) is 5.82 Å². The quantitative estimate of drug-likeness (QED) is 0.736. The number of nitrogens with one attached hydrogen (secondary N) is 2. The zero-order valence-corrected chi connectivity index (χ0v) is 14.5. The smallest absolute Gasteiger partial charge is 0.251 e. The van der Waals surface area contributed by atoms with Crippen molar-refractivity contribution in [2.24, 2.45) is 5.92 Å². The van der Waals surface area contributed by atoms with Gasteiger partial charge in [-0.05, 0) is 30.2 Å². The van der Waals surface area contributed by atoms with Crippen molar-refractivity contribution >= 4 is 5.91 Å². The highest BCUT2D eigenvalue weighted by Crippen LogP contribution is 2.21. The van der Waals surface area contributed by atoms with Crippen LogP contribution in [0.5, 0.6) is 0 Å². The first kappa shape index (κ1) is 17.5. The summed E-state index contributed by atoms with van der Waals surface area (Å²) in [6.45, 7) is 3.92. The van der Waals surface area contributed by atoms with E-state index in [-0.39, 0.29) is 17.4 Å². The van der Waals surface area contributed by atoms with Crippen LogP contribution in [-0.4, -0.2) is 25.8 Å². The number of carbonyl (C=O) groups excluding carboxylic acids is 1. The van der Waals surface area contributed by atoms with Gasteiger partial charge in [-0.2, -0.15) is 0 Å². The number of aromatic amines is 1. The Bertz CT molecular complexity index is 939. The Kier molecular flexibility index (Phi) is 5.17. The molecule has 2 N–H and O–H groups in total. The minimum absolute atomic E-state index is 0.0340. The molecule has 0 radical (unpaired) electrons. The van der Waals surface area contributed by atoms with Gasteiger partial charge in [-0.1, -0.05) is 19.9 Å². The van der Waals surface area contributed by atoms with Crippen LogP contribution < -0.4 is 10.9 Å². The minimum atomic E-state index is -0.416. The number of H-pyrrole nitrogens is 1. The molecule has 3 aromatic rings. The summed E-state index contributed by atoms with van der Waals surface area (Å²) in [6, 6.07) is 9.64. The summed E-state index contributed by atoms with van der Waals surface area (Å²) in [6.07, 6.45) is 4.75. The van der Waals surface area contributed by atoms with Gasteiger partial charge in [-0.3, -0.25) is 19.6 Å². The lowest BCUT2D eigenvalue weighted by Gasteiger charge is -2.22. The summed E-state index contributed by atoms with van der Waals surface area (Å²) in [7, 11) is 0. The summed E-state index contributed by atoms with van der Waals surface area (Å²) in [4.78, 5) is 40.0. The molecule has 3 heterocycles. The fourth-order valence-electron chi connectivity index (χ4n) is 2.57. The van der Waals surface area contributed by atoms with E-state index in [9.17, 15) is 9.59 Å². The summed E-state index contributed by atoms with van der Waals surface area (Å²) in [5.74, 6) is 0.163. The van der Waals surface area contributed by atoms with E-state index in [1.54, 1.807) is 42.9 Å². The topological polar surface area (TPSA) is 101 Å². The van der Waals surface area contributed by atoms with E-state index in [4.69, 9.17) is 0 Å². The Balaban J connectivity index is 1.95. The first-order valence-electron chi connectivity index (χ1n) is 8.28. The molecule has 3 rings (SSSR count). The second-order valence-electron chi connectivity index (χ2n) is 6.16. The molecule has 0 aliphatic heterocycles.